The monoisotopic (exact) mass is 376 g/mol. The highest BCUT2D eigenvalue weighted by molar-refractivity contribution is 7.92. The maximum absolute atomic E-state index is 12.7. The molecule has 1 amide bonds. The number of hydrogen-bond acceptors (Lipinski definition) is 4. The number of halogens is 2. The van der Waals surface area contributed by atoms with Gasteiger partial charge in [-0.05, 0) is 30.7 Å². The Hall–Kier alpha value is -1.74. The lowest BCUT2D eigenvalue weighted by Gasteiger charge is -2.32. The first kappa shape index (κ1) is 19.6. The van der Waals surface area contributed by atoms with Crippen molar-refractivity contribution in [1.29, 1.82) is 0 Å². The molecule has 1 fully saturated rings. The molecule has 0 spiro atoms. The largest absolute Gasteiger partial charge is 0.369 e. The van der Waals surface area contributed by atoms with Gasteiger partial charge in [0.05, 0.1) is 18.9 Å². The number of nitrogens with zero attached hydrogens (tertiary/aromatic N) is 1. The average molecular weight is 376 g/mol. The lowest BCUT2D eigenvalue weighted by molar-refractivity contribution is -0.0942. The summed E-state index contributed by atoms with van der Waals surface area (Å²) < 4.78 is 56.6. The molecule has 1 N–H and O–H groups in total. The summed E-state index contributed by atoms with van der Waals surface area (Å²) in [6.07, 6.45) is -2.58. The number of unbranched alkanes of at least 4 members (excludes halogenated alkanes) is 1. The van der Waals surface area contributed by atoms with E-state index in [-0.39, 0.29) is 31.4 Å². The first-order valence-electron chi connectivity index (χ1n) is 8.12. The molecule has 0 bridgehead atoms. The highest BCUT2D eigenvalue weighted by atomic mass is 32.2. The van der Waals surface area contributed by atoms with E-state index in [1.165, 1.54) is 29.2 Å². The topological polar surface area (TPSA) is 75.7 Å². The zero-order chi connectivity index (χ0) is 18.4. The van der Waals surface area contributed by atoms with Gasteiger partial charge in [0.1, 0.15) is 6.10 Å². The number of carbonyl (C=O) groups is 1. The number of nitrogens with one attached hydrogen (secondary N) is 1. The fraction of sp³-hybridized carbons (Fsp3) is 0.562. The zero-order valence-electron chi connectivity index (χ0n) is 14.0. The number of anilines is 1. The lowest BCUT2D eigenvalue weighted by Crippen LogP contribution is -2.48. The quantitative estimate of drug-likeness (QED) is 0.793. The Morgan fingerprint density at radius 1 is 1.36 bits per heavy atom. The number of morpholine rings is 1. The van der Waals surface area contributed by atoms with E-state index >= 15 is 0 Å². The molecule has 6 nitrogen and oxygen atoms in total. The molecule has 1 heterocycles. The molecule has 25 heavy (non-hydrogen) atoms. The van der Waals surface area contributed by atoms with Gasteiger partial charge >= 0.3 is 0 Å². The fourth-order valence-corrected chi connectivity index (χ4v) is 3.71. The van der Waals surface area contributed by atoms with Crippen LogP contribution in [0.1, 0.15) is 30.1 Å². The second-order valence-electron chi connectivity index (χ2n) is 5.85. The molecule has 1 saturated heterocycles. The van der Waals surface area contributed by atoms with Crippen LogP contribution in [0.3, 0.4) is 0 Å². The summed E-state index contributed by atoms with van der Waals surface area (Å²) in [4.78, 5) is 13.7. The van der Waals surface area contributed by atoms with Gasteiger partial charge in [-0.25, -0.2) is 17.2 Å². The van der Waals surface area contributed by atoms with Crippen LogP contribution in [0.5, 0.6) is 0 Å². The van der Waals surface area contributed by atoms with E-state index in [1.54, 1.807) is 0 Å². The summed E-state index contributed by atoms with van der Waals surface area (Å²) in [6.45, 7) is 2.05. The third-order valence-electron chi connectivity index (χ3n) is 3.83. The molecule has 0 aromatic heterocycles. The number of benzene rings is 1. The SMILES string of the molecule is CCCCS(=O)(=O)Nc1ccc(C(=O)N2CCO[C@H](C(F)F)C2)cc1. The minimum absolute atomic E-state index is 0.0347. The lowest BCUT2D eigenvalue weighted by atomic mass is 10.1. The first-order chi connectivity index (χ1) is 11.8. The Morgan fingerprint density at radius 3 is 2.64 bits per heavy atom. The summed E-state index contributed by atoms with van der Waals surface area (Å²) in [5.41, 5.74) is 0.673. The number of ether oxygens (including phenoxy) is 1. The maximum atomic E-state index is 12.7. The third-order valence-corrected chi connectivity index (χ3v) is 5.21. The molecule has 1 aliphatic heterocycles. The van der Waals surface area contributed by atoms with Crippen molar-refractivity contribution in [2.75, 3.05) is 30.2 Å². The van der Waals surface area contributed by atoms with Crippen LogP contribution in [-0.2, 0) is 14.8 Å². The highest BCUT2D eigenvalue weighted by Crippen LogP contribution is 2.17. The molecule has 0 radical (unpaired) electrons. The standard InChI is InChI=1S/C16H22F2N2O4S/c1-2-3-10-25(22,23)19-13-6-4-12(5-7-13)16(21)20-8-9-24-14(11-20)15(17)18/h4-7,14-15,19H,2-3,8-11H2,1H3/t14-/m0/s1. The minimum Gasteiger partial charge on any atom is -0.369 e. The summed E-state index contributed by atoms with van der Waals surface area (Å²) >= 11 is 0. The number of sulfonamides is 1. The fourth-order valence-electron chi connectivity index (χ4n) is 2.44. The molecule has 9 heteroatoms. The molecule has 1 aromatic rings. The molecule has 2 rings (SSSR count). The Bertz CT molecular complexity index is 680. The van der Waals surface area contributed by atoms with Gasteiger partial charge in [-0.15, -0.1) is 0 Å². The first-order valence-corrected chi connectivity index (χ1v) is 9.77. The number of amides is 1. The number of rotatable bonds is 7. The van der Waals surface area contributed by atoms with Gasteiger partial charge in [0, 0.05) is 17.8 Å². The smallest absolute Gasteiger partial charge is 0.266 e. The van der Waals surface area contributed by atoms with E-state index < -0.39 is 22.6 Å². The van der Waals surface area contributed by atoms with Crippen molar-refractivity contribution < 1.29 is 26.7 Å². The zero-order valence-corrected chi connectivity index (χ0v) is 14.8. The molecule has 0 saturated carbocycles. The second-order valence-corrected chi connectivity index (χ2v) is 7.69. The molecule has 0 aliphatic carbocycles. The maximum Gasteiger partial charge on any atom is 0.266 e. The molecule has 1 aliphatic rings. The van der Waals surface area contributed by atoms with Gasteiger partial charge in [-0.1, -0.05) is 13.3 Å². The van der Waals surface area contributed by atoms with Crippen molar-refractivity contribution in [3.05, 3.63) is 29.8 Å². The van der Waals surface area contributed by atoms with Crippen molar-refractivity contribution >= 4 is 21.6 Å². The van der Waals surface area contributed by atoms with Crippen LogP contribution in [-0.4, -0.2) is 57.2 Å². The van der Waals surface area contributed by atoms with Gasteiger partial charge in [0.2, 0.25) is 10.0 Å². The van der Waals surface area contributed by atoms with E-state index in [0.29, 0.717) is 17.7 Å². The third kappa shape index (κ3) is 5.64. The Kier molecular flexibility index (Phi) is 6.71. The van der Waals surface area contributed by atoms with Gasteiger partial charge in [-0.2, -0.15) is 0 Å². The molecule has 1 aromatic carbocycles. The molecule has 1 atom stereocenters. The van der Waals surface area contributed by atoms with Crippen molar-refractivity contribution in [2.45, 2.75) is 32.3 Å². The summed E-state index contributed by atoms with van der Waals surface area (Å²) in [5.74, 6) is -0.346. The van der Waals surface area contributed by atoms with Gasteiger partial charge in [-0.3, -0.25) is 9.52 Å². The molecular weight excluding hydrogens is 354 g/mol. The van der Waals surface area contributed by atoms with Crippen molar-refractivity contribution in [2.24, 2.45) is 0 Å². The number of hydrogen-bond donors (Lipinski definition) is 1. The normalized spacial score (nSPS) is 18.4. The predicted molar refractivity (Wildman–Crippen MR) is 90.4 cm³/mol. The van der Waals surface area contributed by atoms with Crippen LogP contribution < -0.4 is 4.72 Å². The van der Waals surface area contributed by atoms with Gasteiger partial charge in [0.25, 0.3) is 12.3 Å². The Labute approximate surface area is 146 Å². The number of alkyl halides is 2. The predicted octanol–water partition coefficient (Wildman–Crippen LogP) is 2.33. The van der Waals surface area contributed by atoms with Crippen molar-refractivity contribution in [3.63, 3.8) is 0 Å². The second kappa shape index (κ2) is 8.57. The van der Waals surface area contributed by atoms with Crippen LogP contribution in [0.4, 0.5) is 14.5 Å². The van der Waals surface area contributed by atoms with Crippen LogP contribution >= 0.6 is 0 Å². The van der Waals surface area contributed by atoms with E-state index in [0.717, 1.165) is 6.42 Å². The van der Waals surface area contributed by atoms with Crippen LogP contribution in [0.15, 0.2) is 24.3 Å². The minimum atomic E-state index is -3.41. The summed E-state index contributed by atoms with van der Waals surface area (Å²) in [6, 6.07) is 5.93. The number of carbonyl (C=O) groups excluding carboxylic acids is 1. The van der Waals surface area contributed by atoms with Crippen molar-refractivity contribution in [3.8, 4) is 0 Å². The molecule has 140 valence electrons. The van der Waals surface area contributed by atoms with Gasteiger partial charge < -0.3 is 9.64 Å². The Morgan fingerprint density at radius 2 is 2.04 bits per heavy atom. The summed E-state index contributed by atoms with van der Waals surface area (Å²) in [7, 11) is -3.41. The van der Waals surface area contributed by atoms with E-state index in [4.69, 9.17) is 4.74 Å². The van der Waals surface area contributed by atoms with Crippen molar-refractivity contribution in [1.82, 2.24) is 4.90 Å². The van der Waals surface area contributed by atoms with Gasteiger partial charge in [0.15, 0.2) is 0 Å². The summed E-state index contributed by atoms with van der Waals surface area (Å²) in [5, 5.41) is 0. The molecule has 0 unspecified atom stereocenters. The van der Waals surface area contributed by atoms with E-state index in [2.05, 4.69) is 4.72 Å². The van der Waals surface area contributed by atoms with E-state index in [9.17, 15) is 22.0 Å². The van der Waals surface area contributed by atoms with E-state index in [1.807, 2.05) is 6.92 Å². The van der Waals surface area contributed by atoms with Crippen LogP contribution in [0.25, 0.3) is 0 Å². The highest BCUT2D eigenvalue weighted by Gasteiger charge is 2.30. The Balaban J connectivity index is 2.00. The van der Waals surface area contributed by atoms with Crippen LogP contribution in [0, 0.1) is 0 Å². The molecular formula is C16H22F2N2O4S. The van der Waals surface area contributed by atoms with Crippen LogP contribution in [0.2, 0.25) is 0 Å². The average Bonchev–Trinajstić information content (AvgIpc) is 2.60.